The van der Waals surface area contributed by atoms with Crippen LogP contribution in [0.3, 0.4) is 0 Å². The number of non-ortho nitro benzene ring substituents is 1. The first-order valence-corrected chi connectivity index (χ1v) is 15.2. The van der Waals surface area contributed by atoms with Crippen molar-refractivity contribution in [2.75, 3.05) is 13.1 Å². The second-order valence-corrected chi connectivity index (χ2v) is 11.5. The minimum absolute atomic E-state index is 0.0391. The number of fused-ring (bicyclic) bond motifs is 1. The number of nitrogens with zero attached hydrogens (tertiary/aromatic N) is 5. The van der Waals surface area contributed by atoms with Gasteiger partial charge in [0, 0.05) is 50.2 Å². The fraction of sp³-hybridized carbons (Fsp3) is 0.364. The Morgan fingerprint density at radius 2 is 1.84 bits per heavy atom. The van der Waals surface area contributed by atoms with Crippen molar-refractivity contribution < 1.29 is 9.72 Å². The SMILES string of the molecule is CCCCNC(=S)N(C(=O)Cc1cncn1Cc1ccc([N+](=O)[O-])cc1)N(CCC(C)C)Cc1cccc2ccccc12. The first-order chi connectivity index (χ1) is 20.8. The van der Waals surface area contributed by atoms with E-state index in [2.05, 4.69) is 66.4 Å². The molecule has 10 heteroatoms. The molecule has 0 spiro atoms. The van der Waals surface area contributed by atoms with E-state index in [1.807, 2.05) is 16.7 Å². The average Bonchev–Trinajstić information content (AvgIpc) is 3.42. The number of imidazole rings is 1. The van der Waals surface area contributed by atoms with Crippen molar-refractivity contribution in [2.24, 2.45) is 5.92 Å². The summed E-state index contributed by atoms with van der Waals surface area (Å²) in [6.45, 7) is 8.78. The molecule has 3 aromatic carbocycles. The van der Waals surface area contributed by atoms with Gasteiger partial charge in [0.05, 0.1) is 17.7 Å². The summed E-state index contributed by atoms with van der Waals surface area (Å²) in [4.78, 5) is 29.1. The number of thiocarbonyl (C=S) groups is 1. The molecule has 0 atom stereocenters. The lowest BCUT2D eigenvalue weighted by Gasteiger charge is -2.36. The zero-order valence-electron chi connectivity index (χ0n) is 25.1. The summed E-state index contributed by atoms with van der Waals surface area (Å²) < 4.78 is 1.90. The Morgan fingerprint density at radius 1 is 1.09 bits per heavy atom. The Morgan fingerprint density at radius 3 is 2.56 bits per heavy atom. The smallest absolute Gasteiger partial charge is 0.269 e. The number of hydrogen-bond acceptors (Lipinski definition) is 6. The van der Waals surface area contributed by atoms with Crippen molar-refractivity contribution in [3.8, 4) is 0 Å². The number of nitro groups is 1. The van der Waals surface area contributed by atoms with Crippen molar-refractivity contribution in [1.82, 2.24) is 24.9 Å². The van der Waals surface area contributed by atoms with Crippen LogP contribution >= 0.6 is 12.2 Å². The van der Waals surface area contributed by atoms with E-state index >= 15 is 0 Å². The second-order valence-electron chi connectivity index (χ2n) is 11.1. The van der Waals surface area contributed by atoms with E-state index in [0.29, 0.717) is 37.2 Å². The molecular formula is C33H40N6O3S. The monoisotopic (exact) mass is 600 g/mol. The molecule has 1 aromatic heterocycles. The predicted molar refractivity (Wildman–Crippen MR) is 174 cm³/mol. The van der Waals surface area contributed by atoms with Crippen molar-refractivity contribution >= 4 is 39.7 Å². The van der Waals surface area contributed by atoms with Gasteiger partial charge in [-0.25, -0.2) is 15.0 Å². The van der Waals surface area contributed by atoms with E-state index < -0.39 is 4.92 Å². The highest BCUT2D eigenvalue weighted by molar-refractivity contribution is 7.80. The van der Waals surface area contributed by atoms with E-state index in [1.165, 1.54) is 12.1 Å². The molecule has 0 bridgehead atoms. The van der Waals surface area contributed by atoms with Crippen LogP contribution in [0.15, 0.2) is 79.3 Å². The minimum atomic E-state index is -0.416. The van der Waals surface area contributed by atoms with Crippen LogP contribution in [-0.2, 0) is 24.3 Å². The summed E-state index contributed by atoms with van der Waals surface area (Å²) in [5, 5.41) is 20.8. The molecule has 43 heavy (non-hydrogen) atoms. The van der Waals surface area contributed by atoms with Crippen molar-refractivity contribution in [2.45, 2.75) is 59.5 Å². The highest BCUT2D eigenvalue weighted by atomic mass is 32.1. The minimum Gasteiger partial charge on any atom is -0.361 e. The number of aromatic nitrogens is 2. The summed E-state index contributed by atoms with van der Waals surface area (Å²) in [6, 6.07) is 21.0. The molecule has 4 rings (SSSR count). The zero-order chi connectivity index (χ0) is 30.8. The highest BCUT2D eigenvalue weighted by Gasteiger charge is 2.27. The topological polar surface area (TPSA) is 96.5 Å². The largest absolute Gasteiger partial charge is 0.361 e. The van der Waals surface area contributed by atoms with Crippen LogP contribution in [0.25, 0.3) is 10.8 Å². The standard InChI is InChI=1S/C33H40N6O3S/c1-4-5-18-35-33(43)38(37(19-17-25(2)3)23-28-11-8-10-27-9-6-7-12-31(27)28)32(40)20-30-21-34-24-36(30)22-26-13-15-29(16-14-26)39(41)42/h6-16,21,24-25H,4-5,17-20,22-23H2,1-3H3,(H,35,43). The Kier molecular flexibility index (Phi) is 11.4. The number of carbonyl (C=O) groups is 1. The predicted octanol–water partition coefficient (Wildman–Crippen LogP) is 6.50. The number of rotatable bonds is 14. The van der Waals surface area contributed by atoms with Crippen LogP contribution in [0.1, 0.15) is 56.9 Å². The van der Waals surface area contributed by atoms with Crippen LogP contribution in [0.2, 0.25) is 0 Å². The molecule has 0 aliphatic carbocycles. The number of amides is 1. The lowest BCUT2D eigenvalue weighted by molar-refractivity contribution is -0.384. The maximum atomic E-state index is 14.2. The second kappa shape index (κ2) is 15.4. The summed E-state index contributed by atoms with van der Waals surface area (Å²) >= 11 is 5.87. The van der Waals surface area contributed by atoms with Crippen LogP contribution in [-0.4, -0.2) is 48.6 Å². The molecule has 1 N–H and O–H groups in total. The maximum absolute atomic E-state index is 14.2. The third-order valence-corrected chi connectivity index (χ3v) is 7.66. The molecule has 1 amide bonds. The van der Waals surface area contributed by atoms with Gasteiger partial charge in [0.2, 0.25) is 5.91 Å². The van der Waals surface area contributed by atoms with Gasteiger partial charge >= 0.3 is 0 Å². The molecule has 0 fully saturated rings. The number of carbonyl (C=O) groups excluding carboxylic acids is 1. The number of nitro benzene ring substituents is 1. The summed E-state index contributed by atoms with van der Waals surface area (Å²) in [7, 11) is 0. The maximum Gasteiger partial charge on any atom is 0.269 e. The quantitative estimate of drug-likeness (QED) is 0.0764. The number of benzene rings is 3. The lowest BCUT2D eigenvalue weighted by Crippen LogP contribution is -2.54. The van der Waals surface area contributed by atoms with E-state index in [0.717, 1.165) is 46.9 Å². The molecule has 0 unspecified atom stereocenters. The molecule has 1 heterocycles. The van der Waals surface area contributed by atoms with Crippen LogP contribution in [0.4, 0.5) is 5.69 Å². The van der Waals surface area contributed by atoms with Crippen LogP contribution in [0.5, 0.6) is 0 Å². The fourth-order valence-corrected chi connectivity index (χ4v) is 5.24. The molecule has 4 aromatic rings. The van der Waals surface area contributed by atoms with E-state index in [4.69, 9.17) is 12.2 Å². The van der Waals surface area contributed by atoms with Gasteiger partial charge in [-0.15, -0.1) is 0 Å². The molecule has 0 saturated carbocycles. The lowest BCUT2D eigenvalue weighted by atomic mass is 10.0. The van der Waals surface area contributed by atoms with Crippen molar-refractivity contribution in [3.63, 3.8) is 0 Å². The van der Waals surface area contributed by atoms with E-state index in [1.54, 1.807) is 29.7 Å². The molecule has 0 saturated heterocycles. The van der Waals surface area contributed by atoms with Gasteiger partial charge in [-0.1, -0.05) is 81.8 Å². The summed E-state index contributed by atoms with van der Waals surface area (Å²) in [5.41, 5.74) is 2.77. The van der Waals surface area contributed by atoms with Gasteiger partial charge in [0.15, 0.2) is 5.11 Å². The molecular weight excluding hydrogens is 560 g/mol. The Hall–Kier alpha value is -4.15. The highest BCUT2D eigenvalue weighted by Crippen LogP contribution is 2.22. The number of hydrazine groups is 1. The zero-order valence-corrected chi connectivity index (χ0v) is 25.9. The molecule has 0 aliphatic heterocycles. The third-order valence-electron chi connectivity index (χ3n) is 7.35. The first kappa shape index (κ1) is 31.8. The number of unbranched alkanes of at least 4 members (excludes halogenated alkanes) is 1. The fourth-order valence-electron chi connectivity index (χ4n) is 4.92. The van der Waals surface area contributed by atoms with Gasteiger partial charge < -0.3 is 9.88 Å². The van der Waals surface area contributed by atoms with Crippen molar-refractivity contribution in [3.05, 3.63) is 106 Å². The number of nitrogens with one attached hydrogen (secondary N) is 1. The average molecular weight is 601 g/mol. The van der Waals surface area contributed by atoms with Gasteiger partial charge in [-0.05, 0) is 52.9 Å². The normalized spacial score (nSPS) is 11.3. The van der Waals surface area contributed by atoms with Gasteiger partial charge in [0.25, 0.3) is 5.69 Å². The third kappa shape index (κ3) is 8.68. The van der Waals surface area contributed by atoms with E-state index in [9.17, 15) is 14.9 Å². The van der Waals surface area contributed by atoms with Crippen LogP contribution in [0, 0.1) is 16.0 Å². The van der Waals surface area contributed by atoms with Crippen molar-refractivity contribution in [1.29, 1.82) is 0 Å². The van der Waals surface area contributed by atoms with Gasteiger partial charge in [-0.3, -0.25) is 14.9 Å². The summed E-state index contributed by atoms with van der Waals surface area (Å²) in [6.07, 6.45) is 6.31. The molecule has 0 radical (unpaired) electrons. The summed E-state index contributed by atoms with van der Waals surface area (Å²) in [5.74, 6) is 0.292. The Bertz CT molecular complexity index is 1530. The van der Waals surface area contributed by atoms with Gasteiger partial charge in [0.1, 0.15) is 0 Å². The van der Waals surface area contributed by atoms with Crippen LogP contribution < -0.4 is 5.32 Å². The molecule has 9 nitrogen and oxygen atoms in total. The molecule has 0 aliphatic rings. The van der Waals surface area contributed by atoms with Gasteiger partial charge in [-0.2, -0.15) is 0 Å². The van der Waals surface area contributed by atoms with E-state index in [-0.39, 0.29) is 18.0 Å². The number of hydrogen-bond donors (Lipinski definition) is 1. The Labute approximate surface area is 258 Å². The first-order valence-electron chi connectivity index (χ1n) is 14.8. The molecule has 226 valence electrons. The Balaban J connectivity index is 1.62.